The van der Waals surface area contributed by atoms with Crippen LogP contribution >= 0.6 is 0 Å². The topological polar surface area (TPSA) is 82.0 Å². The molecule has 0 unspecified atom stereocenters. The van der Waals surface area contributed by atoms with Crippen molar-refractivity contribution < 1.29 is 19.8 Å². The molecule has 0 radical (unpaired) electrons. The molecule has 6 heteroatoms. The van der Waals surface area contributed by atoms with Crippen molar-refractivity contribution in [1.82, 2.24) is 4.90 Å². The van der Waals surface area contributed by atoms with E-state index in [9.17, 15) is 9.90 Å². The molecule has 0 bridgehead atoms. The van der Waals surface area contributed by atoms with E-state index >= 15 is 0 Å². The van der Waals surface area contributed by atoms with Gasteiger partial charge in [0.15, 0.2) is 0 Å². The van der Waals surface area contributed by atoms with E-state index in [1.807, 2.05) is 6.07 Å². The zero-order valence-corrected chi connectivity index (χ0v) is 13.5. The summed E-state index contributed by atoms with van der Waals surface area (Å²) in [5.41, 5.74) is 4.69. The minimum atomic E-state index is 0.0819. The molecule has 0 atom stereocenters. The summed E-state index contributed by atoms with van der Waals surface area (Å²) >= 11 is 0. The monoisotopic (exact) mass is 328 g/mol. The van der Waals surface area contributed by atoms with Gasteiger partial charge in [0.1, 0.15) is 11.5 Å². The summed E-state index contributed by atoms with van der Waals surface area (Å²) in [4.78, 5) is 13.7. The van der Waals surface area contributed by atoms with E-state index in [4.69, 9.17) is 9.94 Å². The first-order valence-electron chi connectivity index (χ1n) is 7.81. The van der Waals surface area contributed by atoms with Crippen LogP contribution < -0.4 is 10.2 Å². The summed E-state index contributed by atoms with van der Waals surface area (Å²) in [6, 6.07) is 10.4. The van der Waals surface area contributed by atoms with Crippen LogP contribution in [0.15, 0.2) is 36.4 Å². The second-order valence-electron chi connectivity index (χ2n) is 5.76. The van der Waals surface area contributed by atoms with Gasteiger partial charge in [0.25, 0.3) is 0 Å². The first-order valence-corrected chi connectivity index (χ1v) is 7.81. The molecular weight excluding hydrogens is 308 g/mol. The number of carbonyl (C=O) groups is 1. The van der Waals surface area contributed by atoms with Crippen LogP contribution in [0.1, 0.15) is 18.4 Å². The van der Waals surface area contributed by atoms with Crippen LogP contribution in [0.25, 0.3) is 11.1 Å². The van der Waals surface area contributed by atoms with Gasteiger partial charge in [-0.15, -0.1) is 0 Å². The average Bonchev–Trinajstić information content (AvgIpc) is 3.01. The van der Waals surface area contributed by atoms with E-state index in [0.29, 0.717) is 35.5 Å². The number of ether oxygens (including phenoxy) is 1. The molecule has 1 aliphatic heterocycles. The van der Waals surface area contributed by atoms with Crippen LogP contribution in [-0.4, -0.2) is 34.8 Å². The molecule has 1 fully saturated rings. The van der Waals surface area contributed by atoms with Gasteiger partial charge in [0.2, 0.25) is 5.91 Å². The maximum Gasteiger partial charge on any atom is 0.222 e. The second kappa shape index (κ2) is 6.80. The number of methoxy groups -OCH3 is 1. The fourth-order valence-corrected chi connectivity index (χ4v) is 3.07. The maximum absolute atomic E-state index is 11.9. The Morgan fingerprint density at radius 1 is 1.29 bits per heavy atom. The first-order chi connectivity index (χ1) is 11.6. The van der Waals surface area contributed by atoms with Crippen LogP contribution in [-0.2, 0) is 11.3 Å². The Kier molecular flexibility index (Phi) is 4.57. The quantitative estimate of drug-likeness (QED) is 0.735. The Morgan fingerprint density at radius 2 is 2.12 bits per heavy atom. The third kappa shape index (κ3) is 3.00. The van der Waals surface area contributed by atoms with Gasteiger partial charge < -0.3 is 14.7 Å². The Morgan fingerprint density at radius 3 is 2.79 bits per heavy atom. The highest BCUT2D eigenvalue weighted by Gasteiger charge is 2.23. The number of phenolic OH excluding ortho intramolecular Hbond substituents is 1. The van der Waals surface area contributed by atoms with E-state index in [-0.39, 0.29) is 11.7 Å². The van der Waals surface area contributed by atoms with E-state index in [1.54, 1.807) is 42.3 Å². The van der Waals surface area contributed by atoms with Gasteiger partial charge in [0, 0.05) is 25.1 Å². The summed E-state index contributed by atoms with van der Waals surface area (Å²) in [5, 5.41) is 19.4. The summed E-state index contributed by atoms with van der Waals surface area (Å²) in [7, 11) is 1.54. The van der Waals surface area contributed by atoms with E-state index in [0.717, 1.165) is 18.5 Å². The molecule has 0 aromatic heterocycles. The predicted molar refractivity (Wildman–Crippen MR) is 90.2 cm³/mol. The fourth-order valence-electron chi connectivity index (χ4n) is 3.07. The van der Waals surface area contributed by atoms with Gasteiger partial charge in [-0.25, -0.2) is 0 Å². The number of amides is 1. The molecule has 2 aromatic carbocycles. The molecule has 1 aliphatic rings. The molecule has 1 amide bonds. The van der Waals surface area contributed by atoms with Crippen molar-refractivity contribution in [2.24, 2.45) is 0 Å². The average molecular weight is 328 g/mol. The number of rotatable bonds is 5. The lowest BCUT2D eigenvalue weighted by Gasteiger charge is -2.20. The molecule has 0 spiro atoms. The zero-order valence-electron chi connectivity index (χ0n) is 13.5. The van der Waals surface area contributed by atoms with Gasteiger partial charge in [-0.3, -0.25) is 15.5 Å². The molecule has 24 heavy (non-hydrogen) atoms. The number of benzene rings is 2. The number of nitrogens with zero attached hydrogens (tertiary/aromatic N) is 1. The zero-order chi connectivity index (χ0) is 17.1. The Balaban J connectivity index is 2.04. The number of anilines is 1. The number of carbonyl (C=O) groups excluding carboxylic acids is 1. The molecular formula is C18H20N2O4. The van der Waals surface area contributed by atoms with Crippen LogP contribution in [0.2, 0.25) is 0 Å². The fraction of sp³-hybridized carbons (Fsp3) is 0.278. The number of phenols is 1. The van der Waals surface area contributed by atoms with Crippen molar-refractivity contribution in [2.75, 3.05) is 19.1 Å². The lowest BCUT2D eigenvalue weighted by molar-refractivity contribution is -0.128. The molecule has 3 N–H and O–H groups in total. The molecule has 1 heterocycles. The van der Waals surface area contributed by atoms with Crippen molar-refractivity contribution in [2.45, 2.75) is 19.4 Å². The first kappa shape index (κ1) is 16.1. The number of hydrogen-bond donors (Lipinski definition) is 3. The Hall–Kier alpha value is -2.73. The number of nitrogens with one attached hydrogen (secondary N) is 1. The largest absolute Gasteiger partial charge is 0.507 e. The van der Waals surface area contributed by atoms with Crippen LogP contribution in [0.5, 0.6) is 11.5 Å². The molecule has 3 rings (SSSR count). The lowest BCUT2D eigenvalue weighted by Crippen LogP contribution is -2.24. The summed E-state index contributed by atoms with van der Waals surface area (Å²) in [6.45, 7) is 1.19. The van der Waals surface area contributed by atoms with Crippen LogP contribution in [0.4, 0.5) is 5.69 Å². The number of likely N-dealkylation sites (tertiary alicyclic amines) is 1. The van der Waals surface area contributed by atoms with Crippen molar-refractivity contribution in [3.05, 3.63) is 42.0 Å². The molecule has 0 saturated carbocycles. The second-order valence-corrected chi connectivity index (χ2v) is 5.76. The van der Waals surface area contributed by atoms with Crippen molar-refractivity contribution in [1.29, 1.82) is 0 Å². The molecule has 0 aliphatic carbocycles. The van der Waals surface area contributed by atoms with E-state index < -0.39 is 0 Å². The molecule has 1 saturated heterocycles. The lowest BCUT2D eigenvalue weighted by atomic mass is 9.99. The Bertz CT molecular complexity index is 761. The number of aromatic hydroxyl groups is 1. The molecule has 6 nitrogen and oxygen atoms in total. The van der Waals surface area contributed by atoms with Crippen LogP contribution in [0, 0.1) is 0 Å². The smallest absolute Gasteiger partial charge is 0.222 e. The summed E-state index contributed by atoms with van der Waals surface area (Å²) < 4.78 is 5.55. The highest BCUT2D eigenvalue weighted by atomic mass is 16.5. The van der Waals surface area contributed by atoms with E-state index in [2.05, 4.69) is 5.48 Å². The van der Waals surface area contributed by atoms with Crippen molar-refractivity contribution in [3.8, 4) is 22.6 Å². The van der Waals surface area contributed by atoms with Crippen molar-refractivity contribution >= 4 is 11.6 Å². The van der Waals surface area contributed by atoms with Gasteiger partial charge in [-0.2, -0.15) is 0 Å². The van der Waals surface area contributed by atoms with Gasteiger partial charge in [-0.05, 0) is 36.2 Å². The van der Waals surface area contributed by atoms with E-state index in [1.165, 1.54) is 0 Å². The molecule has 126 valence electrons. The normalized spacial score (nSPS) is 14.1. The SMILES string of the molecule is COc1c(CN2CCCC2=O)ccc(O)c1-c1cccc(NO)c1. The maximum atomic E-state index is 11.9. The van der Waals surface area contributed by atoms with Gasteiger partial charge >= 0.3 is 0 Å². The Labute approximate surface area is 140 Å². The third-order valence-electron chi connectivity index (χ3n) is 4.23. The standard InChI is InChI=1S/C18H20N2O4/c1-24-18-13(11-20-9-3-6-16(20)22)7-8-15(21)17(18)12-4-2-5-14(10-12)19-23/h2,4-5,7-8,10,19,21,23H,3,6,9,11H2,1H3. The summed E-state index contributed by atoms with van der Waals surface area (Å²) in [6.07, 6.45) is 1.45. The minimum Gasteiger partial charge on any atom is -0.507 e. The van der Waals surface area contributed by atoms with Crippen molar-refractivity contribution in [3.63, 3.8) is 0 Å². The predicted octanol–water partition coefficient (Wildman–Crippen LogP) is 2.99. The van der Waals surface area contributed by atoms with Crippen LogP contribution in [0.3, 0.4) is 0 Å². The van der Waals surface area contributed by atoms with Gasteiger partial charge in [-0.1, -0.05) is 12.1 Å². The highest BCUT2D eigenvalue weighted by molar-refractivity contribution is 5.81. The number of hydrogen-bond acceptors (Lipinski definition) is 5. The summed E-state index contributed by atoms with van der Waals surface area (Å²) in [5.74, 6) is 0.751. The highest BCUT2D eigenvalue weighted by Crippen LogP contribution is 2.41. The third-order valence-corrected chi connectivity index (χ3v) is 4.23. The van der Waals surface area contributed by atoms with Gasteiger partial charge in [0.05, 0.1) is 18.4 Å². The molecule has 2 aromatic rings. The minimum absolute atomic E-state index is 0.0819.